The van der Waals surface area contributed by atoms with Crippen LogP contribution in [0.5, 0.6) is 0 Å². The molecule has 0 saturated carbocycles. The van der Waals surface area contributed by atoms with Crippen LogP contribution in [0.4, 0.5) is 0 Å². The lowest BCUT2D eigenvalue weighted by molar-refractivity contribution is -0.155. The largest absolute Gasteiger partial charge is 0.465 e. The molecule has 0 bridgehead atoms. The Morgan fingerprint density at radius 3 is 2.39 bits per heavy atom. The fraction of sp³-hybridized carbons (Fsp3) is 0.522. The molecule has 0 saturated heterocycles. The molecule has 0 fully saturated rings. The molecule has 0 radical (unpaired) electrons. The first-order valence-electron chi connectivity index (χ1n) is 10.4. The van der Waals surface area contributed by atoms with Crippen LogP contribution in [0.3, 0.4) is 0 Å². The van der Waals surface area contributed by atoms with Gasteiger partial charge in [-0.25, -0.2) is 13.7 Å². The minimum atomic E-state index is -1.54. The summed E-state index contributed by atoms with van der Waals surface area (Å²) in [4.78, 5) is 25.1. The number of halogens is 1. The molecule has 0 spiro atoms. The van der Waals surface area contributed by atoms with E-state index in [1.54, 1.807) is 39.8 Å². The molecule has 0 aliphatic carbocycles. The second-order valence-corrected chi connectivity index (χ2v) is 12.0. The Morgan fingerprint density at radius 1 is 1.21 bits per heavy atom. The van der Waals surface area contributed by atoms with Crippen molar-refractivity contribution in [1.82, 2.24) is 9.88 Å². The van der Waals surface area contributed by atoms with Gasteiger partial charge >= 0.3 is 11.9 Å². The molecule has 33 heavy (non-hydrogen) atoms. The monoisotopic (exact) mass is 498 g/mol. The summed E-state index contributed by atoms with van der Waals surface area (Å²) in [5.74, 6) is -0.840. The zero-order valence-electron chi connectivity index (χ0n) is 20.2. The predicted octanol–water partition coefficient (Wildman–Crippen LogP) is 4.91. The summed E-state index contributed by atoms with van der Waals surface area (Å²) in [7, 11) is -0.269. The third kappa shape index (κ3) is 7.12. The number of ether oxygens (including phenoxy) is 2. The summed E-state index contributed by atoms with van der Waals surface area (Å²) < 4.78 is 31.3. The van der Waals surface area contributed by atoms with Crippen LogP contribution >= 0.6 is 11.6 Å². The number of hydrogen-bond donors (Lipinski definition) is 1. The van der Waals surface area contributed by atoms with Crippen LogP contribution in [0.1, 0.15) is 75.8 Å². The standard InChI is InChI=1S/C23H31ClN2O6S/c1-13-19(15-10-9-14(24)11-16(15)21(28)30-8)20(32-25-13)17(26-33(29)23(5,6)7)12-18(27)31-22(2,3)4/h9-11,17,26H,12H2,1-8H3/t17-,33-/m0/s1. The van der Waals surface area contributed by atoms with Crippen LogP contribution in [-0.2, 0) is 25.3 Å². The smallest absolute Gasteiger partial charge is 0.338 e. The Kier molecular flexibility index (Phi) is 8.48. The SMILES string of the molecule is COC(=O)c1cc(Cl)ccc1-c1c(C)noc1[C@H](CC(=O)OC(C)(C)C)N[S@@](=O)C(C)(C)C. The van der Waals surface area contributed by atoms with Crippen molar-refractivity contribution in [2.24, 2.45) is 0 Å². The van der Waals surface area contributed by atoms with E-state index in [2.05, 4.69) is 9.88 Å². The highest BCUT2D eigenvalue weighted by Crippen LogP contribution is 2.37. The van der Waals surface area contributed by atoms with Crippen LogP contribution in [0, 0.1) is 6.92 Å². The Bertz CT molecular complexity index is 1050. The Hall–Kier alpha value is -2.23. The number of benzene rings is 1. The summed E-state index contributed by atoms with van der Waals surface area (Å²) in [6.07, 6.45) is -0.165. The van der Waals surface area contributed by atoms with Gasteiger partial charge in [0.25, 0.3) is 0 Å². The lowest BCUT2D eigenvalue weighted by atomic mass is 9.95. The van der Waals surface area contributed by atoms with Crippen molar-refractivity contribution in [1.29, 1.82) is 0 Å². The Morgan fingerprint density at radius 2 is 1.85 bits per heavy atom. The van der Waals surface area contributed by atoms with Crippen molar-refractivity contribution in [2.75, 3.05) is 7.11 Å². The number of aryl methyl sites for hydroxylation is 1. The average Bonchev–Trinajstić information content (AvgIpc) is 3.05. The summed E-state index contributed by atoms with van der Waals surface area (Å²) in [5, 5.41) is 4.42. The van der Waals surface area contributed by atoms with Crippen molar-refractivity contribution in [2.45, 2.75) is 71.3 Å². The lowest BCUT2D eigenvalue weighted by Gasteiger charge is -2.25. The van der Waals surface area contributed by atoms with Gasteiger partial charge < -0.3 is 14.0 Å². The summed E-state index contributed by atoms with van der Waals surface area (Å²) in [6, 6.07) is 3.94. The molecule has 8 nitrogen and oxygen atoms in total. The van der Waals surface area contributed by atoms with Crippen LogP contribution in [0.2, 0.25) is 5.02 Å². The highest BCUT2D eigenvalue weighted by Gasteiger charge is 2.33. The molecule has 0 amide bonds. The number of aromatic nitrogens is 1. The summed E-state index contributed by atoms with van der Waals surface area (Å²) >= 11 is 6.11. The van der Waals surface area contributed by atoms with Gasteiger partial charge in [-0.1, -0.05) is 22.8 Å². The topological polar surface area (TPSA) is 108 Å². The third-order valence-corrected chi connectivity index (χ3v) is 6.30. The van der Waals surface area contributed by atoms with Crippen molar-refractivity contribution < 1.29 is 27.8 Å². The predicted molar refractivity (Wildman–Crippen MR) is 127 cm³/mol. The molecule has 2 rings (SSSR count). The molecule has 2 aromatic rings. The molecule has 1 aromatic carbocycles. The van der Waals surface area contributed by atoms with Crippen LogP contribution < -0.4 is 4.72 Å². The normalized spacial score (nSPS) is 14.0. The number of nitrogens with one attached hydrogen (secondary N) is 1. The van der Waals surface area contributed by atoms with E-state index in [1.807, 2.05) is 20.8 Å². The van der Waals surface area contributed by atoms with Crippen LogP contribution in [0.15, 0.2) is 22.7 Å². The molecule has 2 atom stereocenters. The van der Waals surface area contributed by atoms with Gasteiger partial charge in [0.15, 0.2) is 5.76 Å². The van der Waals surface area contributed by atoms with Gasteiger partial charge in [0, 0.05) is 10.6 Å². The maximum Gasteiger partial charge on any atom is 0.338 e. The first-order valence-corrected chi connectivity index (χ1v) is 11.9. The zero-order chi connectivity index (χ0) is 25.1. The van der Waals surface area contributed by atoms with E-state index in [1.165, 1.54) is 13.2 Å². The van der Waals surface area contributed by atoms with E-state index in [9.17, 15) is 13.8 Å². The van der Waals surface area contributed by atoms with E-state index in [0.29, 0.717) is 21.8 Å². The fourth-order valence-corrected chi connectivity index (χ4v) is 3.98. The van der Waals surface area contributed by atoms with E-state index in [0.717, 1.165) is 0 Å². The van der Waals surface area contributed by atoms with E-state index >= 15 is 0 Å². The van der Waals surface area contributed by atoms with Crippen molar-refractivity contribution >= 4 is 34.5 Å². The average molecular weight is 499 g/mol. The maximum atomic E-state index is 12.9. The van der Waals surface area contributed by atoms with Gasteiger partial charge in [-0.3, -0.25) is 4.79 Å². The second kappa shape index (κ2) is 10.4. The summed E-state index contributed by atoms with van der Waals surface area (Å²) in [6.45, 7) is 12.4. The molecule has 182 valence electrons. The van der Waals surface area contributed by atoms with Crippen LogP contribution in [-0.4, -0.2) is 38.8 Å². The first kappa shape index (κ1) is 27.0. The second-order valence-electron chi connectivity index (χ2n) is 9.53. The van der Waals surface area contributed by atoms with Gasteiger partial charge in [-0.15, -0.1) is 0 Å². The molecular formula is C23H31ClN2O6S. The molecular weight excluding hydrogens is 468 g/mol. The number of rotatable bonds is 7. The van der Waals surface area contributed by atoms with Crippen molar-refractivity contribution in [3.05, 3.63) is 40.2 Å². The maximum absolute atomic E-state index is 12.9. The third-order valence-electron chi connectivity index (χ3n) is 4.46. The number of nitrogens with zero attached hydrogens (tertiary/aromatic N) is 1. The van der Waals surface area contributed by atoms with Gasteiger partial charge in [-0.2, -0.15) is 0 Å². The number of methoxy groups -OCH3 is 1. The van der Waals surface area contributed by atoms with Gasteiger partial charge in [-0.05, 0) is 60.6 Å². The molecule has 0 aliphatic rings. The zero-order valence-corrected chi connectivity index (χ0v) is 21.8. The highest BCUT2D eigenvalue weighted by atomic mass is 35.5. The molecule has 1 aromatic heterocycles. The molecule has 0 aliphatic heterocycles. The summed E-state index contributed by atoms with van der Waals surface area (Å²) in [5.41, 5.74) is 0.955. The number of esters is 2. The van der Waals surface area contributed by atoms with E-state index in [-0.39, 0.29) is 17.7 Å². The molecule has 10 heteroatoms. The first-order chi connectivity index (χ1) is 15.1. The number of carbonyl (C=O) groups excluding carboxylic acids is 2. The lowest BCUT2D eigenvalue weighted by Crippen LogP contribution is -2.37. The molecule has 0 unspecified atom stereocenters. The minimum Gasteiger partial charge on any atom is -0.465 e. The minimum absolute atomic E-state index is 0.165. The van der Waals surface area contributed by atoms with Gasteiger partial charge in [0.05, 0.1) is 52.1 Å². The van der Waals surface area contributed by atoms with Gasteiger partial charge in [0.2, 0.25) is 0 Å². The van der Waals surface area contributed by atoms with Gasteiger partial charge in [0.1, 0.15) is 5.60 Å². The fourth-order valence-electron chi connectivity index (χ4n) is 3.01. The van der Waals surface area contributed by atoms with Crippen molar-refractivity contribution in [3.63, 3.8) is 0 Å². The molecule has 1 heterocycles. The van der Waals surface area contributed by atoms with Crippen molar-refractivity contribution in [3.8, 4) is 11.1 Å². The van der Waals surface area contributed by atoms with E-state index in [4.69, 9.17) is 25.6 Å². The highest BCUT2D eigenvalue weighted by molar-refractivity contribution is 7.84. The number of hydrogen-bond acceptors (Lipinski definition) is 7. The van der Waals surface area contributed by atoms with E-state index < -0.39 is 39.3 Å². The Balaban J connectivity index is 2.62. The number of carbonyl (C=O) groups is 2. The quantitative estimate of drug-likeness (QED) is 0.540. The Labute approximate surface area is 201 Å². The van der Waals surface area contributed by atoms with Crippen LogP contribution in [0.25, 0.3) is 11.1 Å². The molecule has 1 N–H and O–H groups in total.